The van der Waals surface area contributed by atoms with Gasteiger partial charge in [0.05, 0.1) is 19.8 Å². The minimum atomic E-state index is -0.168. The average Bonchev–Trinajstić information content (AvgIpc) is 2.85. The van der Waals surface area contributed by atoms with Crippen molar-refractivity contribution in [3.05, 3.63) is 0 Å². The van der Waals surface area contributed by atoms with Gasteiger partial charge in [0.15, 0.2) is 0 Å². The number of ether oxygens (including phenoxy) is 1. The molecule has 1 rings (SSSR count). The second-order valence-corrected chi connectivity index (χ2v) is 3.05. The second-order valence-electron chi connectivity index (χ2n) is 3.05. The molecule has 1 aliphatic heterocycles. The summed E-state index contributed by atoms with van der Waals surface area (Å²) in [6, 6.07) is -0.142. The molecule has 1 heterocycles. The molecule has 2 unspecified atom stereocenters. The van der Waals surface area contributed by atoms with Gasteiger partial charge in [-0.25, -0.2) is 0 Å². The number of carbonyl (C=O) groups excluding carboxylic acids is 1. The first kappa shape index (κ1) is 10.5. The fourth-order valence-corrected chi connectivity index (χ4v) is 1.02. The molecule has 76 valence electrons. The molecule has 0 amide bonds. The van der Waals surface area contributed by atoms with Crippen molar-refractivity contribution in [3.63, 3.8) is 0 Å². The van der Waals surface area contributed by atoms with Crippen molar-refractivity contribution in [1.82, 2.24) is 5.06 Å². The molecule has 0 aromatic heterocycles. The van der Waals surface area contributed by atoms with Crippen molar-refractivity contribution in [1.29, 1.82) is 0 Å². The Labute approximate surface area is 78.8 Å². The van der Waals surface area contributed by atoms with Crippen LogP contribution in [0.2, 0.25) is 0 Å². The Bertz CT molecular complexity index is 172. The maximum Gasteiger partial charge on any atom is 0.327 e. The Morgan fingerprint density at radius 2 is 2.31 bits per heavy atom. The molecule has 0 N–H and O–H groups in total. The summed E-state index contributed by atoms with van der Waals surface area (Å²) in [5, 5.41) is 1.67. The summed E-state index contributed by atoms with van der Waals surface area (Å²) in [6.07, 6.45) is 2.14. The maximum absolute atomic E-state index is 11.1. The quantitative estimate of drug-likeness (QED) is 0.353. The molecule has 2 atom stereocenters. The highest BCUT2D eigenvalue weighted by Gasteiger charge is 2.43. The van der Waals surface area contributed by atoms with E-state index in [1.54, 1.807) is 5.06 Å². The predicted molar refractivity (Wildman–Crippen MR) is 48.0 cm³/mol. The Balaban J connectivity index is 2.04. The number of hydrogen-bond donors (Lipinski definition) is 0. The lowest BCUT2D eigenvalue weighted by Crippen LogP contribution is -2.16. The Hall–Kier alpha value is -0.610. The van der Waals surface area contributed by atoms with Gasteiger partial charge in [-0.15, -0.1) is 0 Å². The molecule has 0 aromatic carbocycles. The van der Waals surface area contributed by atoms with Gasteiger partial charge in [0.2, 0.25) is 0 Å². The van der Waals surface area contributed by atoms with Crippen LogP contribution >= 0.6 is 0 Å². The van der Waals surface area contributed by atoms with E-state index >= 15 is 0 Å². The number of esters is 1. The minimum absolute atomic E-state index is 0.142. The predicted octanol–water partition coefficient (Wildman–Crippen LogP) is 0.965. The average molecular weight is 187 g/mol. The van der Waals surface area contributed by atoms with Crippen molar-refractivity contribution in [2.24, 2.45) is 0 Å². The van der Waals surface area contributed by atoms with Crippen molar-refractivity contribution < 1.29 is 14.4 Å². The molecule has 0 radical (unpaired) electrons. The van der Waals surface area contributed by atoms with Gasteiger partial charge in [0, 0.05) is 0 Å². The summed E-state index contributed by atoms with van der Waals surface area (Å²) in [5.74, 6) is -0.168. The first-order valence-corrected chi connectivity index (χ1v) is 4.85. The van der Waals surface area contributed by atoms with Crippen LogP contribution in [0.5, 0.6) is 0 Å². The van der Waals surface area contributed by atoms with E-state index in [0.29, 0.717) is 19.8 Å². The van der Waals surface area contributed by atoms with E-state index in [-0.39, 0.29) is 12.0 Å². The zero-order valence-electron chi connectivity index (χ0n) is 8.28. The number of nitrogens with zero attached hydrogens (tertiary/aromatic N) is 1. The van der Waals surface area contributed by atoms with Crippen LogP contribution in [0.15, 0.2) is 0 Å². The van der Waals surface area contributed by atoms with Crippen LogP contribution < -0.4 is 0 Å². The standard InChI is InChI=1S/C9H17NO3/c1-3-5-6-13-10-7-8(10)9(11)12-4-2/h8H,3-7H2,1-2H3. The fourth-order valence-electron chi connectivity index (χ4n) is 1.02. The van der Waals surface area contributed by atoms with Crippen molar-refractivity contribution in [2.75, 3.05) is 19.8 Å². The van der Waals surface area contributed by atoms with E-state index in [4.69, 9.17) is 9.57 Å². The zero-order chi connectivity index (χ0) is 9.68. The highest BCUT2D eigenvalue weighted by molar-refractivity contribution is 5.78. The summed E-state index contributed by atoms with van der Waals surface area (Å²) in [7, 11) is 0. The topological polar surface area (TPSA) is 38.5 Å². The molecule has 1 aliphatic rings. The van der Waals surface area contributed by atoms with Crippen LogP contribution in [0, 0.1) is 0 Å². The summed E-state index contributed by atoms with van der Waals surface area (Å²) in [6.45, 7) is 5.74. The van der Waals surface area contributed by atoms with Crippen molar-refractivity contribution in [2.45, 2.75) is 32.7 Å². The van der Waals surface area contributed by atoms with Crippen LogP contribution in [0.4, 0.5) is 0 Å². The van der Waals surface area contributed by atoms with Gasteiger partial charge in [-0.05, 0) is 13.3 Å². The van der Waals surface area contributed by atoms with Gasteiger partial charge in [-0.2, -0.15) is 5.06 Å². The maximum atomic E-state index is 11.1. The lowest BCUT2D eigenvalue weighted by Gasteiger charge is -2.03. The first-order chi connectivity index (χ1) is 6.29. The van der Waals surface area contributed by atoms with Gasteiger partial charge < -0.3 is 4.74 Å². The lowest BCUT2D eigenvalue weighted by atomic mass is 10.4. The third-order valence-corrected chi connectivity index (χ3v) is 1.88. The molecule has 0 bridgehead atoms. The fraction of sp³-hybridized carbons (Fsp3) is 0.889. The highest BCUT2D eigenvalue weighted by Crippen LogP contribution is 2.19. The van der Waals surface area contributed by atoms with Crippen LogP contribution in [0.3, 0.4) is 0 Å². The molecular weight excluding hydrogens is 170 g/mol. The van der Waals surface area contributed by atoms with Crippen LogP contribution in [-0.4, -0.2) is 36.8 Å². The molecule has 4 heteroatoms. The summed E-state index contributed by atoms with van der Waals surface area (Å²) in [4.78, 5) is 16.4. The SMILES string of the molecule is CCCCON1CC1C(=O)OCC. The zero-order valence-corrected chi connectivity index (χ0v) is 8.28. The normalized spacial score (nSPS) is 25.7. The number of hydroxylamine groups is 2. The highest BCUT2D eigenvalue weighted by atomic mass is 16.7. The van der Waals surface area contributed by atoms with Crippen LogP contribution in [0.1, 0.15) is 26.7 Å². The smallest absolute Gasteiger partial charge is 0.327 e. The Kier molecular flexibility index (Phi) is 4.18. The summed E-state index contributed by atoms with van der Waals surface area (Å²) >= 11 is 0. The largest absolute Gasteiger partial charge is 0.465 e. The van der Waals surface area contributed by atoms with E-state index in [9.17, 15) is 4.79 Å². The summed E-state index contributed by atoms with van der Waals surface area (Å²) < 4.78 is 4.84. The number of unbranched alkanes of at least 4 members (excludes halogenated alkanes) is 1. The van der Waals surface area contributed by atoms with Gasteiger partial charge in [-0.3, -0.25) is 9.63 Å². The van der Waals surface area contributed by atoms with Gasteiger partial charge in [0.25, 0.3) is 0 Å². The van der Waals surface area contributed by atoms with E-state index in [1.807, 2.05) is 6.92 Å². The number of carbonyl (C=O) groups is 1. The van der Waals surface area contributed by atoms with E-state index < -0.39 is 0 Å². The molecule has 0 aliphatic carbocycles. The first-order valence-electron chi connectivity index (χ1n) is 4.85. The van der Waals surface area contributed by atoms with Crippen molar-refractivity contribution in [3.8, 4) is 0 Å². The number of hydrogen-bond acceptors (Lipinski definition) is 4. The molecule has 0 saturated carbocycles. The Morgan fingerprint density at radius 3 is 2.92 bits per heavy atom. The van der Waals surface area contributed by atoms with Gasteiger partial charge >= 0.3 is 5.97 Å². The van der Waals surface area contributed by atoms with Crippen LogP contribution in [-0.2, 0) is 14.4 Å². The third-order valence-electron chi connectivity index (χ3n) is 1.88. The minimum Gasteiger partial charge on any atom is -0.465 e. The molecule has 4 nitrogen and oxygen atoms in total. The molecular formula is C9H17NO3. The molecule has 1 fully saturated rings. The molecule has 13 heavy (non-hydrogen) atoms. The lowest BCUT2D eigenvalue weighted by molar-refractivity contribution is -0.150. The van der Waals surface area contributed by atoms with Gasteiger partial charge in [0.1, 0.15) is 6.04 Å². The molecule has 1 saturated heterocycles. The summed E-state index contributed by atoms with van der Waals surface area (Å²) in [5.41, 5.74) is 0. The van der Waals surface area contributed by atoms with E-state index in [0.717, 1.165) is 12.8 Å². The third kappa shape index (κ3) is 3.32. The molecule has 0 aromatic rings. The molecule has 0 spiro atoms. The monoisotopic (exact) mass is 187 g/mol. The van der Waals surface area contributed by atoms with Gasteiger partial charge in [-0.1, -0.05) is 13.3 Å². The van der Waals surface area contributed by atoms with E-state index in [2.05, 4.69) is 6.92 Å². The Morgan fingerprint density at radius 1 is 1.54 bits per heavy atom. The number of rotatable bonds is 6. The second kappa shape index (κ2) is 5.19. The van der Waals surface area contributed by atoms with E-state index in [1.165, 1.54) is 0 Å². The van der Waals surface area contributed by atoms with Crippen molar-refractivity contribution >= 4 is 5.97 Å². The van der Waals surface area contributed by atoms with Crippen LogP contribution in [0.25, 0.3) is 0 Å².